The number of carbonyl (C=O) groups is 2. The summed E-state index contributed by atoms with van der Waals surface area (Å²) in [5.74, 6) is -1.38. The summed E-state index contributed by atoms with van der Waals surface area (Å²) in [6, 6.07) is 8.37. The molecule has 2 atom stereocenters. The van der Waals surface area contributed by atoms with Gasteiger partial charge >= 0.3 is 5.97 Å². The van der Waals surface area contributed by atoms with Crippen LogP contribution in [0.5, 0.6) is 0 Å². The van der Waals surface area contributed by atoms with Gasteiger partial charge in [-0.1, -0.05) is 35.5 Å². The maximum Gasteiger partial charge on any atom is 0.333 e. The summed E-state index contributed by atoms with van der Waals surface area (Å²) in [6.07, 6.45) is 4.28. The number of aromatic nitrogens is 3. The van der Waals surface area contributed by atoms with E-state index in [0.717, 1.165) is 31.6 Å². The van der Waals surface area contributed by atoms with Gasteiger partial charge in [-0.25, -0.2) is 4.79 Å². The molecule has 1 fully saturated rings. The predicted molar refractivity (Wildman–Crippen MR) is 110 cm³/mol. The summed E-state index contributed by atoms with van der Waals surface area (Å²) in [5.41, 5.74) is -0.164. The van der Waals surface area contributed by atoms with Crippen molar-refractivity contribution in [3.05, 3.63) is 47.8 Å². The number of likely N-dealkylation sites (tertiary alicyclic amines) is 1. The number of hydrogen-bond donors (Lipinski definition) is 2. The minimum absolute atomic E-state index is 0.284. The number of ether oxygens (including phenoxy) is 1. The topological polar surface area (TPSA) is 110 Å². The van der Waals surface area contributed by atoms with Crippen LogP contribution in [0.1, 0.15) is 37.4 Å². The summed E-state index contributed by atoms with van der Waals surface area (Å²) in [6.45, 7) is 4.15. The summed E-state index contributed by atoms with van der Waals surface area (Å²) < 4.78 is 6.83. The van der Waals surface area contributed by atoms with E-state index in [0.29, 0.717) is 25.1 Å². The van der Waals surface area contributed by atoms with Gasteiger partial charge in [-0.05, 0) is 38.3 Å². The minimum Gasteiger partial charge on any atom is -0.479 e. The molecule has 1 aliphatic rings. The zero-order chi connectivity index (χ0) is 21.6. The molecule has 9 nitrogen and oxygen atoms in total. The van der Waals surface area contributed by atoms with Crippen LogP contribution in [0.3, 0.4) is 0 Å². The molecule has 1 saturated heterocycles. The Morgan fingerprint density at radius 3 is 2.80 bits per heavy atom. The van der Waals surface area contributed by atoms with Crippen LogP contribution in [-0.4, -0.2) is 63.2 Å². The molecule has 1 aromatic heterocycles. The lowest BCUT2D eigenvalue weighted by Crippen LogP contribution is -2.54. The van der Waals surface area contributed by atoms with Crippen molar-refractivity contribution in [2.75, 3.05) is 20.3 Å². The molecule has 1 aromatic carbocycles. The van der Waals surface area contributed by atoms with E-state index in [9.17, 15) is 14.7 Å². The molecule has 2 N–H and O–H groups in total. The molecule has 9 heteroatoms. The fourth-order valence-corrected chi connectivity index (χ4v) is 3.76. The molecule has 0 unspecified atom stereocenters. The van der Waals surface area contributed by atoms with Gasteiger partial charge in [-0.15, -0.1) is 5.10 Å². The van der Waals surface area contributed by atoms with Gasteiger partial charge in [0.15, 0.2) is 5.54 Å². The van der Waals surface area contributed by atoms with Crippen molar-refractivity contribution < 1.29 is 19.4 Å². The maximum atomic E-state index is 13.0. The van der Waals surface area contributed by atoms with Crippen LogP contribution in [0.15, 0.2) is 36.5 Å². The molecule has 0 bridgehead atoms. The molecule has 2 heterocycles. The Balaban J connectivity index is 1.66. The zero-order valence-electron chi connectivity index (χ0n) is 17.5. The lowest BCUT2D eigenvalue weighted by atomic mass is 9.91. The van der Waals surface area contributed by atoms with Crippen molar-refractivity contribution in [3.8, 4) is 0 Å². The number of methoxy groups -OCH3 is 1. The Kier molecular flexibility index (Phi) is 7.17. The third-order valence-electron chi connectivity index (χ3n) is 5.51. The van der Waals surface area contributed by atoms with Gasteiger partial charge in [0.05, 0.1) is 11.7 Å². The summed E-state index contributed by atoms with van der Waals surface area (Å²) in [4.78, 5) is 27.1. The number of hydrogen-bond acceptors (Lipinski definition) is 6. The molecular weight excluding hydrogens is 386 g/mol. The molecule has 0 saturated carbocycles. The number of carboxylic acids is 1. The fourth-order valence-electron chi connectivity index (χ4n) is 3.76. The fraction of sp³-hybridized carbons (Fsp3) is 0.524. The van der Waals surface area contributed by atoms with E-state index in [2.05, 4.69) is 15.6 Å². The van der Waals surface area contributed by atoms with E-state index in [4.69, 9.17) is 4.74 Å². The van der Waals surface area contributed by atoms with E-state index in [1.807, 2.05) is 17.2 Å². The molecule has 3 rings (SSSR count). The largest absolute Gasteiger partial charge is 0.479 e. The number of amides is 1. The number of benzene rings is 1. The van der Waals surface area contributed by atoms with Crippen LogP contribution in [0, 0.1) is 0 Å². The SMILES string of the molecule is COCCCn1cc(CN2CCC[C@H]2C(=O)N[C@@](C)(C(=O)O)c2ccccc2)nn1. The zero-order valence-corrected chi connectivity index (χ0v) is 17.5. The maximum absolute atomic E-state index is 13.0. The monoisotopic (exact) mass is 415 g/mol. The van der Waals surface area contributed by atoms with Gasteiger partial charge in [-0.2, -0.15) is 0 Å². The van der Waals surface area contributed by atoms with Gasteiger partial charge in [0.25, 0.3) is 0 Å². The molecular formula is C21H29N5O4. The van der Waals surface area contributed by atoms with Crippen LogP contribution in [0.25, 0.3) is 0 Å². The Labute approximate surface area is 176 Å². The highest BCUT2D eigenvalue weighted by atomic mass is 16.5. The second-order valence-electron chi connectivity index (χ2n) is 7.73. The highest BCUT2D eigenvalue weighted by molar-refractivity contribution is 5.90. The summed E-state index contributed by atoms with van der Waals surface area (Å²) >= 11 is 0. The number of nitrogens with one attached hydrogen (secondary N) is 1. The first kappa shape index (κ1) is 21.9. The number of aryl methyl sites for hydroxylation is 1. The third-order valence-corrected chi connectivity index (χ3v) is 5.51. The second kappa shape index (κ2) is 9.82. The van der Waals surface area contributed by atoms with E-state index in [1.165, 1.54) is 6.92 Å². The lowest BCUT2D eigenvalue weighted by molar-refractivity contribution is -0.148. The van der Waals surface area contributed by atoms with Crippen molar-refractivity contribution in [3.63, 3.8) is 0 Å². The highest BCUT2D eigenvalue weighted by Crippen LogP contribution is 2.24. The number of aliphatic carboxylic acids is 1. The number of carboxylic acid groups (broad SMARTS) is 1. The first-order chi connectivity index (χ1) is 14.4. The van der Waals surface area contributed by atoms with Gasteiger partial charge in [0.1, 0.15) is 0 Å². The normalized spacial score (nSPS) is 18.8. The first-order valence-electron chi connectivity index (χ1n) is 10.2. The highest BCUT2D eigenvalue weighted by Gasteiger charge is 2.40. The van der Waals surface area contributed by atoms with Crippen LogP contribution in [0.4, 0.5) is 0 Å². The van der Waals surface area contributed by atoms with Crippen molar-refractivity contribution in [1.82, 2.24) is 25.2 Å². The van der Waals surface area contributed by atoms with Crippen LogP contribution >= 0.6 is 0 Å². The number of nitrogens with zero attached hydrogens (tertiary/aromatic N) is 4. The van der Waals surface area contributed by atoms with Crippen LogP contribution in [0.2, 0.25) is 0 Å². The van der Waals surface area contributed by atoms with Gasteiger partial charge < -0.3 is 15.2 Å². The van der Waals surface area contributed by atoms with E-state index < -0.39 is 17.6 Å². The second-order valence-corrected chi connectivity index (χ2v) is 7.73. The van der Waals surface area contributed by atoms with E-state index in [1.54, 1.807) is 36.1 Å². The average Bonchev–Trinajstić information content (AvgIpc) is 3.38. The van der Waals surface area contributed by atoms with E-state index >= 15 is 0 Å². The van der Waals surface area contributed by atoms with Crippen molar-refractivity contribution in [1.29, 1.82) is 0 Å². The quantitative estimate of drug-likeness (QED) is 0.565. The molecule has 0 radical (unpaired) electrons. The molecule has 0 aliphatic carbocycles. The third kappa shape index (κ3) is 5.03. The van der Waals surface area contributed by atoms with Crippen LogP contribution in [-0.2, 0) is 33.0 Å². The van der Waals surface area contributed by atoms with Crippen molar-refractivity contribution in [2.45, 2.75) is 50.9 Å². The summed E-state index contributed by atoms with van der Waals surface area (Å²) in [7, 11) is 1.67. The Morgan fingerprint density at radius 1 is 1.33 bits per heavy atom. The molecule has 2 aromatic rings. The van der Waals surface area contributed by atoms with Gasteiger partial charge in [-0.3, -0.25) is 14.4 Å². The lowest BCUT2D eigenvalue weighted by Gasteiger charge is -2.30. The molecule has 30 heavy (non-hydrogen) atoms. The van der Waals surface area contributed by atoms with Gasteiger partial charge in [0.2, 0.25) is 5.91 Å². The number of rotatable bonds is 10. The molecule has 162 valence electrons. The molecule has 1 amide bonds. The average molecular weight is 415 g/mol. The van der Waals surface area contributed by atoms with E-state index in [-0.39, 0.29) is 5.91 Å². The van der Waals surface area contributed by atoms with Crippen molar-refractivity contribution in [2.24, 2.45) is 0 Å². The Bertz CT molecular complexity index is 856. The Hall–Kier alpha value is -2.78. The molecule has 1 aliphatic heterocycles. The Morgan fingerprint density at radius 2 is 2.10 bits per heavy atom. The molecule has 0 spiro atoms. The van der Waals surface area contributed by atoms with Crippen LogP contribution < -0.4 is 5.32 Å². The summed E-state index contributed by atoms with van der Waals surface area (Å²) in [5, 5.41) is 20.9. The smallest absolute Gasteiger partial charge is 0.333 e. The first-order valence-corrected chi connectivity index (χ1v) is 10.2. The predicted octanol–water partition coefficient (Wildman–Crippen LogP) is 1.40. The number of carbonyl (C=O) groups excluding carboxylic acids is 1. The van der Waals surface area contributed by atoms with Crippen molar-refractivity contribution >= 4 is 11.9 Å². The standard InChI is InChI=1S/C21H29N5O4/c1-21(20(28)29,16-8-4-3-5-9-16)22-19(27)18-10-6-11-25(18)14-17-15-26(24-23-17)12-7-13-30-2/h3-5,8-9,15,18H,6-7,10-14H2,1-2H3,(H,22,27)(H,28,29)/t18-,21+/m0/s1. The minimum atomic E-state index is -1.49. The van der Waals surface area contributed by atoms with Gasteiger partial charge in [0, 0.05) is 33.0 Å².